The Labute approximate surface area is 163 Å². The molecule has 0 unspecified atom stereocenters. The highest BCUT2D eigenvalue weighted by molar-refractivity contribution is 7.80. The molecule has 0 heterocycles. The SMILES string of the molecule is COC(=O)C(C)(C)CCCCNC(=S)NCCCCC(C)(C)C(=O)OC. The summed E-state index contributed by atoms with van der Waals surface area (Å²) in [7, 11) is 2.85. The van der Waals surface area contributed by atoms with Crippen molar-refractivity contribution in [3.63, 3.8) is 0 Å². The Bertz CT molecular complexity index is 424. The molecule has 0 amide bonds. The van der Waals surface area contributed by atoms with E-state index in [9.17, 15) is 9.59 Å². The van der Waals surface area contributed by atoms with Crippen molar-refractivity contribution >= 4 is 29.3 Å². The van der Waals surface area contributed by atoms with Crippen LogP contribution in [0.5, 0.6) is 0 Å². The molecule has 7 heteroatoms. The normalized spacial score (nSPS) is 11.6. The Morgan fingerprint density at radius 2 is 1.12 bits per heavy atom. The number of unbranched alkanes of at least 4 members (excludes halogenated alkanes) is 2. The lowest BCUT2D eigenvalue weighted by molar-refractivity contribution is -0.151. The smallest absolute Gasteiger partial charge is 0.311 e. The van der Waals surface area contributed by atoms with Gasteiger partial charge in [0.2, 0.25) is 0 Å². The minimum atomic E-state index is -0.439. The molecule has 0 saturated carbocycles. The lowest BCUT2D eigenvalue weighted by atomic mass is 9.87. The number of esters is 2. The topological polar surface area (TPSA) is 76.7 Å². The Morgan fingerprint density at radius 1 is 0.769 bits per heavy atom. The fourth-order valence-electron chi connectivity index (χ4n) is 2.61. The highest BCUT2D eigenvalue weighted by Gasteiger charge is 2.28. The van der Waals surface area contributed by atoms with Crippen molar-refractivity contribution in [1.29, 1.82) is 0 Å². The van der Waals surface area contributed by atoms with Crippen LogP contribution in [0.3, 0.4) is 0 Å². The minimum absolute atomic E-state index is 0.168. The maximum Gasteiger partial charge on any atom is 0.311 e. The van der Waals surface area contributed by atoms with Crippen LogP contribution in [0.25, 0.3) is 0 Å². The van der Waals surface area contributed by atoms with Crippen LogP contribution in [0, 0.1) is 10.8 Å². The second-order valence-corrected chi connectivity index (χ2v) is 8.26. The van der Waals surface area contributed by atoms with Gasteiger partial charge in [-0.25, -0.2) is 0 Å². The summed E-state index contributed by atoms with van der Waals surface area (Å²) in [5, 5.41) is 7.00. The molecule has 152 valence electrons. The maximum atomic E-state index is 11.6. The van der Waals surface area contributed by atoms with Crippen LogP contribution < -0.4 is 10.6 Å². The third-order valence-corrected chi connectivity index (χ3v) is 4.79. The van der Waals surface area contributed by atoms with E-state index in [1.165, 1.54) is 14.2 Å². The molecule has 26 heavy (non-hydrogen) atoms. The molecule has 0 spiro atoms. The number of rotatable bonds is 12. The molecule has 0 atom stereocenters. The second-order valence-electron chi connectivity index (χ2n) is 7.85. The van der Waals surface area contributed by atoms with Gasteiger partial charge in [0.15, 0.2) is 5.11 Å². The quantitative estimate of drug-likeness (QED) is 0.302. The lowest BCUT2D eigenvalue weighted by Crippen LogP contribution is -2.36. The molecule has 0 aliphatic heterocycles. The van der Waals surface area contributed by atoms with Crippen LogP contribution in [0.1, 0.15) is 66.2 Å². The lowest BCUT2D eigenvalue weighted by Gasteiger charge is -2.21. The van der Waals surface area contributed by atoms with Gasteiger partial charge in [0.25, 0.3) is 0 Å². The van der Waals surface area contributed by atoms with Crippen molar-refractivity contribution in [3.8, 4) is 0 Å². The van der Waals surface area contributed by atoms with Gasteiger partial charge in [0.1, 0.15) is 0 Å². The molecule has 0 aromatic heterocycles. The summed E-state index contributed by atoms with van der Waals surface area (Å²) in [5.41, 5.74) is -0.878. The van der Waals surface area contributed by atoms with Crippen molar-refractivity contribution in [1.82, 2.24) is 10.6 Å². The van der Waals surface area contributed by atoms with Crippen molar-refractivity contribution in [2.75, 3.05) is 27.3 Å². The van der Waals surface area contributed by atoms with E-state index >= 15 is 0 Å². The Morgan fingerprint density at radius 3 is 1.42 bits per heavy atom. The summed E-state index contributed by atoms with van der Waals surface area (Å²) >= 11 is 5.25. The Balaban J connectivity index is 3.73. The van der Waals surface area contributed by atoms with E-state index in [2.05, 4.69) is 10.6 Å². The third kappa shape index (κ3) is 9.94. The molecule has 2 N–H and O–H groups in total. The number of hydrogen-bond acceptors (Lipinski definition) is 5. The predicted molar refractivity (Wildman–Crippen MR) is 108 cm³/mol. The van der Waals surface area contributed by atoms with E-state index < -0.39 is 10.8 Å². The monoisotopic (exact) mass is 388 g/mol. The van der Waals surface area contributed by atoms with Gasteiger partial charge >= 0.3 is 11.9 Å². The zero-order chi connectivity index (χ0) is 20.2. The second kappa shape index (κ2) is 12.1. The van der Waals surface area contributed by atoms with Crippen molar-refractivity contribution < 1.29 is 19.1 Å². The summed E-state index contributed by atoms with van der Waals surface area (Å²) in [6.07, 6.45) is 5.32. The van der Waals surface area contributed by atoms with E-state index in [1.54, 1.807) is 0 Å². The fraction of sp³-hybridized carbons (Fsp3) is 0.842. The van der Waals surface area contributed by atoms with Gasteiger partial charge in [-0.15, -0.1) is 0 Å². The van der Waals surface area contributed by atoms with Crippen LogP contribution in [0.15, 0.2) is 0 Å². The first-order valence-electron chi connectivity index (χ1n) is 9.25. The van der Waals surface area contributed by atoms with Gasteiger partial charge < -0.3 is 20.1 Å². The van der Waals surface area contributed by atoms with Crippen LogP contribution in [-0.4, -0.2) is 44.4 Å². The number of thiocarbonyl (C=S) groups is 1. The van der Waals surface area contributed by atoms with E-state index in [0.29, 0.717) is 5.11 Å². The van der Waals surface area contributed by atoms with Crippen LogP contribution >= 0.6 is 12.2 Å². The van der Waals surface area contributed by atoms with E-state index in [-0.39, 0.29) is 11.9 Å². The van der Waals surface area contributed by atoms with Gasteiger partial charge in [-0.1, -0.05) is 12.8 Å². The van der Waals surface area contributed by atoms with Gasteiger partial charge in [0, 0.05) is 13.1 Å². The summed E-state index contributed by atoms with van der Waals surface area (Å²) < 4.78 is 9.61. The van der Waals surface area contributed by atoms with E-state index in [1.807, 2.05) is 27.7 Å². The zero-order valence-corrected chi connectivity index (χ0v) is 18.0. The molecule has 6 nitrogen and oxygen atoms in total. The first kappa shape index (κ1) is 24.6. The summed E-state index contributed by atoms with van der Waals surface area (Å²) in [4.78, 5) is 23.2. The van der Waals surface area contributed by atoms with Crippen molar-refractivity contribution in [3.05, 3.63) is 0 Å². The molecule has 0 aliphatic carbocycles. The highest BCUT2D eigenvalue weighted by Crippen LogP contribution is 2.25. The Kier molecular flexibility index (Phi) is 11.5. The maximum absolute atomic E-state index is 11.6. The number of carbonyl (C=O) groups excluding carboxylic acids is 2. The molecule has 0 aromatic rings. The van der Waals surface area contributed by atoms with Crippen LogP contribution in [0.4, 0.5) is 0 Å². The molecule has 0 aromatic carbocycles. The zero-order valence-electron chi connectivity index (χ0n) is 17.2. The van der Waals surface area contributed by atoms with Gasteiger partial charge in [-0.3, -0.25) is 9.59 Å². The van der Waals surface area contributed by atoms with E-state index in [4.69, 9.17) is 21.7 Å². The van der Waals surface area contributed by atoms with Crippen LogP contribution in [-0.2, 0) is 19.1 Å². The van der Waals surface area contributed by atoms with E-state index in [0.717, 1.165) is 51.6 Å². The third-order valence-electron chi connectivity index (χ3n) is 4.50. The molecular weight excluding hydrogens is 352 g/mol. The first-order valence-corrected chi connectivity index (χ1v) is 9.66. The highest BCUT2D eigenvalue weighted by atomic mass is 32.1. The predicted octanol–water partition coefficient (Wildman–Crippen LogP) is 3.19. The van der Waals surface area contributed by atoms with Crippen molar-refractivity contribution in [2.24, 2.45) is 10.8 Å². The van der Waals surface area contributed by atoms with Crippen LogP contribution in [0.2, 0.25) is 0 Å². The summed E-state index contributed by atoms with van der Waals surface area (Å²) in [6.45, 7) is 9.16. The fourth-order valence-corrected chi connectivity index (χ4v) is 2.81. The largest absolute Gasteiger partial charge is 0.469 e. The minimum Gasteiger partial charge on any atom is -0.469 e. The average molecular weight is 389 g/mol. The molecule has 0 rings (SSSR count). The van der Waals surface area contributed by atoms with Gasteiger partial charge in [0.05, 0.1) is 25.0 Å². The van der Waals surface area contributed by atoms with Gasteiger partial charge in [-0.2, -0.15) is 0 Å². The number of methoxy groups -OCH3 is 2. The molecule has 0 fully saturated rings. The standard InChI is InChI=1S/C19H36N2O4S/c1-18(2,15(22)24-5)11-7-9-13-20-17(26)21-14-10-8-12-19(3,4)16(23)25-6/h7-14H2,1-6H3,(H2,20,21,26). The Hall–Kier alpha value is -1.37. The average Bonchev–Trinajstić information content (AvgIpc) is 2.59. The molecule has 0 aliphatic rings. The number of hydrogen-bond donors (Lipinski definition) is 2. The number of nitrogens with one attached hydrogen (secondary N) is 2. The van der Waals surface area contributed by atoms with Crippen molar-refractivity contribution in [2.45, 2.75) is 66.2 Å². The first-order chi connectivity index (χ1) is 12.1. The molecule has 0 bridgehead atoms. The van der Waals surface area contributed by atoms with Gasteiger partial charge in [-0.05, 0) is 65.6 Å². The molecule has 0 radical (unpaired) electrons. The molecule has 0 saturated heterocycles. The summed E-state index contributed by atoms with van der Waals surface area (Å²) in [6, 6.07) is 0. The number of ether oxygens (including phenoxy) is 2. The number of carbonyl (C=O) groups is 2. The summed E-state index contributed by atoms with van der Waals surface area (Å²) in [5.74, 6) is -0.337. The molecular formula is C19H36N2O4S.